The van der Waals surface area contributed by atoms with Crippen LogP contribution >= 0.6 is 0 Å². The standard InChI is InChI=1S/C18H30N2/c1-4-6-16-9-11-17(12-10-16)18(19)13-20-14(2)7-5-8-15(20)3/h9-12,14-15,18H,4-8,13,19H2,1-3H3. The Morgan fingerprint density at radius 3 is 2.30 bits per heavy atom. The van der Waals surface area contributed by atoms with Crippen molar-refractivity contribution in [3.63, 3.8) is 0 Å². The van der Waals surface area contributed by atoms with Crippen LogP contribution in [-0.2, 0) is 6.42 Å². The highest BCUT2D eigenvalue weighted by Crippen LogP contribution is 2.25. The quantitative estimate of drug-likeness (QED) is 0.882. The van der Waals surface area contributed by atoms with Crippen LogP contribution in [0.5, 0.6) is 0 Å². The van der Waals surface area contributed by atoms with E-state index >= 15 is 0 Å². The molecule has 1 fully saturated rings. The summed E-state index contributed by atoms with van der Waals surface area (Å²) in [6.07, 6.45) is 6.35. The molecule has 2 heteroatoms. The Bertz CT molecular complexity index is 388. The zero-order valence-corrected chi connectivity index (χ0v) is 13.3. The minimum Gasteiger partial charge on any atom is -0.323 e. The van der Waals surface area contributed by atoms with E-state index in [4.69, 9.17) is 5.73 Å². The van der Waals surface area contributed by atoms with Crippen molar-refractivity contribution in [1.82, 2.24) is 4.90 Å². The van der Waals surface area contributed by atoms with Crippen LogP contribution in [0.25, 0.3) is 0 Å². The number of rotatable bonds is 5. The Labute approximate surface area is 124 Å². The van der Waals surface area contributed by atoms with Crippen molar-refractivity contribution in [3.05, 3.63) is 35.4 Å². The van der Waals surface area contributed by atoms with Gasteiger partial charge in [0.15, 0.2) is 0 Å². The fourth-order valence-corrected chi connectivity index (χ4v) is 3.39. The maximum absolute atomic E-state index is 6.43. The minimum atomic E-state index is 0.133. The molecule has 20 heavy (non-hydrogen) atoms. The molecular formula is C18H30N2. The summed E-state index contributed by atoms with van der Waals surface area (Å²) < 4.78 is 0. The average molecular weight is 274 g/mol. The van der Waals surface area contributed by atoms with Gasteiger partial charge < -0.3 is 5.73 Å². The number of aryl methyl sites for hydroxylation is 1. The van der Waals surface area contributed by atoms with Crippen molar-refractivity contribution < 1.29 is 0 Å². The first-order chi connectivity index (χ1) is 9.61. The molecule has 0 aromatic heterocycles. The summed E-state index contributed by atoms with van der Waals surface area (Å²) in [7, 11) is 0. The zero-order chi connectivity index (χ0) is 14.5. The Hall–Kier alpha value is -0.860. The molecule has 0 spiro atoms. The van der Waals surface area contributed by atoms with Gasteiger partial charge in [0.25, 0.3) is 0 Å². The molecule has 1 aromatic rings. The average Bonchev–Trinajstić information content (AvgIpc) is 2.44. The minimum absolute atomic E-state index is 0.133. The zero-order valence-electron chi connectivity index (χ0n) is 13.3. The van der Waals surface area contributed by atoms with Crippen LogP contribution < -0.4 is 5.73 Å². The highest BCUT2D eigenvalue weighted by atomic mass is 15.2. The third-order valence-corrected chi connectivity index (χ3v) is 4.73. The van der Waals surface area contributed by atoms with E-state index in [0.29, 0.717) is 12.1 Å². The van der Waals surface area contributed by atoms with Gasteiger partial charge in [-0.25, -0.2) is 0 Å². The molecule has 1 aliphatic rings. The Balaban J connectivity index is 1.98. The second-order valence-corrected chi connectivity index (χ2v) is 6.42. The third kappa shape index (κ3) is 3.83. The first kappa shape index (κ1) is 15.5. The summed E-state index contributed by atoms with van der Waals surface area (Å²) in [6, 6.07) is 10.4. The van der Waals surface area contributed by atoms with Crippen LogP contribution in [0.15, 0.2) is 24.3 Å². The van der Waals surface area contributed by atoms with Gasteiger partial charge in [-0.15, -0.1) is 0 Å². The van der Waals surface area contributed by atoms with E-state index in [2.05, 4.69) is 49.9 Å². The second kappa shape index (κ2) is 7.24. The van der Waals surface area contributed by atoms with Gasteiger partial charge in [0.05, 0.1) is 0 Å². The van der Waals surface area contributed by atoms with E-state index in [9.17, 15) is 0 Å². The molecule has 1 saturated heterocycles. The first-order valence-corrected chi connectivity index (χ1v) is 8.22. The number of nitrogens with two attached hydrogens (primary N) is 1. The van der Waals surface area contributed by atoms with Crippen molar-refractivity contribution in [2.45, 2.75) is 71.0 Å². The summed E-state index contributed by atoms with van der Waals surface area (Å²) in [5.41, 5.74) is 9.13. The molecule has 3 unspecified atom stereocenters. The van der Waals surface area contributed by atoms with Crippen molar-refractivity contribution in [1.29, 1.82) is 0 Å². The van der Waals surface area contributed by atoms with Crippen molar-refractivity contribution in [3.8, 4) is 0 Å². The number of hydrogen-bond donors (Lipinski definition) is 1. The molecule has 0 radical (unpaired) electrons. The van der Waals surface area contributed by atoms with E-state index in [1.807, 2.05) is 0 Å². The maximum Gasteiger partial charge on any atom is 0.0424 e. The van der Waals surface area contributed by atoms with Gasteiger partial charge in [0, 0.05) is 24.7 Å². The lowest BCUT2D eigenvalue weighted by Gasteiger charge is -2.40. The molecule has 112 valence electrons. The Kier molecular flexibility index (Phi) is 5.62. The molecule has 2 N–H and O–H groups in total. The van der Waals surface area contributed by atoms with Gasteiger partial charge >= 0.3 is 0 Å². The van der Waals surface area contributed by atoms with E-state index < -0.39 is 0 Å². The molecule has 0 saturated carbocycles. The topological polar surface area (TPSA) is 29.3 Å². The van der Waals surface area contributed by atoms with E-state index in [1.54, 1.807) is 0 Å². The van der Waals surface area contributed by atoms with Crippen LogP contribution in [0.2, 0.25) is 0 Å². The molecule has 0 amide bonds. The van der Waals surface area contributed by atoms with Crippen molar-refractivity contribution in [2.24, 2.45) is 5.73 Å². The lowest BCUT2D eigenvalue weighted by molar-refractivity contribution is 0.0961. The fourth-order valence-electron chi connectivity index (χ4n) is 3.39. The summed E-state index contributed by atoms with van der Waals surface area (Å²) in [6.45, 7) is 7.88. The molecule has 2 nitrogen and oxygen atoms in total. The predicted octanol–water partition coefficient (Wildman–Crippen LogP) is 3.90. The molecular weight excluding hydrogens is 244 g/mol. The molecule has 3 atom stereocenters. The smallest absolute Gasteiger partial charge is 0.0424 e. The van der Waals surface area contributed by atoms with Crippen LogP contribution in [0.1, 0.15) is 63.6 Å². The molecule has 1 aliphatic heterocycles. The lowest BCUT2D eigenvalue weighted by Crippen LogP contribution is -2.46. The lowest BCUT2D eigenvalue weighted by atomic mass is 9.95. The van der Waals surface area contributed by atoms with Gasteiger partial charge in [-0.05, 0) is 44.2 Å². The molecule has 0 bridgehead atoms. The van der Waals surface area contributed by atoms with Crippen LogP contribution in [0.4, 0.5) is 0 Å². The SMILES string of the molecule is CCCc1ccc(C(N)CN2C(C)CCCC2C)cc1. The number of hydrogen-bond acceptors (Lipinski definition) is 2. The van der Waals surface area contributed by atoms with E-state index in [0.717, 1.165) is 13.0 Å². The molecule has 0 aliphatic carbocycles. The largest absolute Gasteiger partial charge is 0.323 e. The summed E-state index contributed by atoms with van der Waals surface area (Å²) in [5, 5.41) is 0. The maximum atomic E-state index is 6.43. The van der Waals surface area contributed by atoms with Crippen molar-refractivity contribution in [2.75, 3.05) is 6.54 Å². The molecule has 1 aromatic carbocycles. The number of piperidine rings is 1. The highest BCUT2D eigenvalue weighted by Gasteiger charge is 2.26. The van der Waals surface area contributed by atoms with Crippen molar-refractivity contribution >= 4 is 0 Å². The van der Waals surface area contributed by atoms with Crippen LogP contribution in [-0.4, -0.2) is 23.5 Å². The van der Waals surface area contributed by atoms with Gasteiger partial charge in [0.1, 0.15) is 0 Å². The van der Waals surface area contributed by atoms with Gasteiger partial charge in [-0.2, -0.15) is 0 Å². The third-order valence-electron chi connectivity index (χ3n) is 4.73. The predicted molar refractivity (Wildman–Crippen MR) is 86.8 cm³/mol. The highest BCUT2D eigenvalue weighted by molar-refractivity contribution is 5.25. The summed E-state index contributed by atoms with van der Waals surface area (Å²) in [5.74, 6) is 0. The Morgan fingerprint density at radius 1 is 1.15 bits per heavy atom. The number of likely N-dealkylation sites (tertiary alicyclic amines) is 1. The van der Waals surface area contributed by atoms with Gasteiger partial charge in [0.2, 0.25) is 0 Å². The Morgan fingerprint density at radius 2 is 1.75 bits per heavy atom. The van der Waals surface area contributed by atoms with Gasteiger partial charge in [-0.3, -0.25) is 4.90 Å². The second-order valence-electron chi connectivity index (χ2n) is 6.42. The monoisotopic (exact) mass is 274 g/mol. The van der Waals surface area contributed by atoms with E-state index in [1.165, 1.54) is 36.8 Å². The fraction of sp³-hybridized carbons (Fsp3) is 0.667. The summed E-state index contributed by atoms with van der Waals surface area (Å²) in [4.78, 5) is 2.59. The first-order valence-electron chi connectivity index (χ1n) is 8.22. The number of nitrogens with zero attached hydrogens (tertiary/aromatic N) is 1. The van der Waals surface area contributed by atoms with Gasteiger partial charge in [-0.1, -0.05) is 44.0 Å². The molecule has 2 rings (SSSR count). The number of benzene rings is 1. The normalized spacial score (nSPS) is 25.6. The van der Waals surface area contributed by atoms with Crippen LogP contribution in [0.3, 0.4) is 0 Å². The summed E-state index contributed by atoms with van der Waals surface area (Å²) >= 11 is 0. The molecule has 1 heterocycles. The van der Waals surface area contributed by atoms with Crippen LogP contribution in [0, 0.1) is 0 Å². The van der Waals surface area contributed by atoms with E-state index in [-0.39, 0.29) is 6.04 Å².